The van der Waals surface area contributed by atoms with Crippen LogP contribution in [0.5, 0.6) is 5.75 Å². The van der Waals surface area contributed by atoms with Gasteiger partial charge in [0, 0.05) is 62.5 Å². The van der Waals surface area contributed by atoms with E-state index in [0.29, 0.717) is 24.2 Å². The monoisotopic (exact) mass is 519 g/mol. The average Bonchev–Trinajstić information content (AvgIpc) is 2.93. The Morgan fingerprint density at radius 3 is 2.50 bits per heavy atom. The fraction of sp³-hybridized carbons (Fsp3) is 0.433. The second kappa shape index (κ2) is 12.8. The summed E-state index contributed by atoms with van der Waals surface area (Å²) in [5, 5.41) is 2.87. The molecule has 1 aromatic carbocycles. The van der Waals surface area contributed by atoms with Gasteiger partial charge >= 0.3 is 0 Å². The summed E-state index contributed by atoms with van der Waals surface area (Å²) in [5.74, 6) is -0.274. The third-order valence-corrected chi connectivity index (χ3v) is 7.64. The Kier molecular flexibility index (Phi) is 9.29. The fourth-order valence-corrected chi connectivity index (χ4v) is 5.15. The molecule has 0 bridgehead atoms. The van der Waals surface area contributed by atoms with Gasteiger partial charge in [0.25, 0.3) is 5.91 Å². The molecule has 1 aliphatic heterocycles. The lowest BCUT2D eigenvalue weighted by molar-refractivity contribution is 0.0939. The van der Waals surface area contributed by atoms with E-state index in [9.17, 15) is 9.18 Å². The Balaban J connectivity index is 1.34. The number of halogens is 1. The summed E-state index contributed by atoms with van der Waals surface area (Å²) in [7, 11) is 1.69. The van der Waals surface area contributed by atoms with Crippen molar-refractivity contribution in [2.75, 3.05) is 31.6 Å². The molecule has 1 amide bonds. The van der Waals surface area contributed by atoms with Crippen LogP contribution in [0.2, 0.25) is 0 Å². The third kappa shape index (κ3) is 6.67. The summed E-state index contributed by atoms with van der Waals surface area (Å²) < 4.78 is 19.4. The zero-order chi connectivity index (χ0) is 27.1. The van der Waals surface area contributed by atoms with Gasteiger partial charge in [-0.25, -0.2) is 4.98 Å². The first-order chi connectivity index (χ1) is 18.4. The smallest absolute Gasteiger partial charge is 0.256 e. The molecule has 1 saturated heterocycles. The number of likely N-dealkylation sites (tertiary alicyclic amines) is 1. The number of nitrogens with zero attached hydrogens (tertiary/aromatic N) is 4. The number of methoxy groups -OCH3 is 1. The van der Waals surface area contributed by atoms with Crippen LogP contribution in [0.3, 0.4) is 0 Å². The highest BCUT2D eigenvalue weighted by Gasteiger charge is 2.28. The van der Waals surface area contributed by atoms with Crippen molar-refractivity contribution in [3.05, 3.63) is 83.2 Å². The number of benzene rings is 1. The van der Waals surface area contributed by atoms with Gasteiger partial charge in [-0.15, -0.1) is 0 Å². The van der Waals surface area contributed by atoms with Crippen molar-refractivity contribution in [3.8, 4) is 5.75 Å². The molecular weight excluding hydrogens is 481 g/mol. The highest BCUT2D eigenvalue weighted by Crippen LogP contribution is 2.29. The molecule has 1 aliphatic rings. The molecule has 0 spiro atoms. The Morgan fingerprint density at radius 1 is 1.13 bits per heavy atom. The van der Waals surface area contributed by atoms with Crippen LogP contribution in [0.25, 0.3) is 0 Å². The molecule has 1 atom stereocenters. The predicted octanol–water partition coefficient (Wildman–Crippen LogP) is 4.92. The van der Waals surface area contributed by atoms with Gasteiger partial charge < -0.3 is 19.9 Å². The van der Waals surface area contributed by atoms with E-state index in [1.54, 1.807) is 20.1 Å². The number of carbonyl (C=O) groups excluding carboxylic acids is 1. The largest absolute Gasteiger partial charge is 0.497 e. The maximum absolute atomic E-state index is 14.0. The first kappa shape index (κ1) is 27.5. The molecule has 3 aromatic rings. The summed E-state index contributed by atoms with van der Waals surface area (Å²) >= 11 is 0. The Bertz CT molecular complexity index is 1190. The topological polar surface area (TPSA) is 70.6 Å². The lowest BCUT2D eigenvalue weighted by Gasteiger charge is -2.42. The number of aromatic nitrogens is 2. The number of pyridine rings is 2. The quantitative estimate of drug-likeness (QED) is 0.384. The number of aryl methyl sites for hydroxylation is 2. The third-order valence-electron chi connectivity index (χ3n) is 7.64. The summed E-state index contributed by atoms with van der Waals surface area (Å²) in [4.78, 5) is 25.4. The summed E-state index contributed by atoms with van der Waals surface area (Å²) in [6.45, 7) is 9.31. The number of carbonyl (C=O) groups is 1. The van der Waals surface area contributed by atoms with Crippen molar-refractivity contribution < 1.29 is 13.9 Å². The standard InChI is InChI=1S/C30H38FN5O2/c1-21-9-14-32-19-24(21)20-36(25-5-7-27(38-4)8-6-25)26-12-17-35(18-13-26)23(3)11-16-34-30(37)28-22(2)10-15-33-29(28)31/h5-10,14-15,19,23,26H,11-13,16-18,20H2,1-4H3,(H,34,37)/t23-/m1/s1. The van der Waals surface area contributed by atoms with Gasteiger partial charge in [0.2, 0.25) is 5.95 Å². The van der Waals surface area contributed by atoms with E-state index in [-0.39, 0.29) is 5.56 Å². The zero-order valence-electron chi connectivity index (χ0n) is 22.8. The van der Waals surface area contributed by atoms with E-state index >= 15 is 0 Å². The van der Waals surface area contributed by atoms with Crippen LogP contribution in [0.1, 0.15) is 53.2 Å². The highest BCUT2D eigenvalue weighted by molar-refractivity contribution is 5.95. The molecule has 1 N–H and O–H groups in total. The van der Waals surface area contributed by atoms with E-state index < -0.39 is 11.9 Å². The van der Waals surface area contributed by atoms with Gasteiger partial charge in [0.05, 0.1) is 12.7 Å². The van der Waals surface area contributed by atoms with Crippen LogP contribution in [-0.2, 0) is 6.54 Å². The number of hydrogen-bond donors (Lipinski definition) is 1. The molecule has 7 nitrogen and oxygen atoms in total. The van der Waals surface area contributed by atoms with E-state index in [1.165, 1.54) is 23.0 Å². The molecule has 3 heterocycles. The molecule has 1 fully saturated rings. The lowest BCUT2D eigenvalue weighted by atomic mass is 9.99. The number of ether oxygens (including phenoxy) is 1. The van der Waals surface area contributed by atoms with E-state index in [1.807, 2.05) is 24.5 Å². The molecule has 8 heteroatoms. The van der Waals surface area contributed by atoms with Gasteiger partial charge in [-0.3, -0.25) is 9.78 Å². The summed E-state index contributed by atoms with van der Waals surface area (Å²) in [6.07, 6.45) is 8.07. The molecular formula is C30H38FN5O2. The molecule has 0 unspecified atom stereocenters. The molecule has 0 aliphatic carbocycles. The van der Waals surface area contributed by atoms with Gasteiger partial charge in [-0.2, -0.15) is 4.39 Å². The second-order valence-corrected chi connectivity index (χ2v) is 10.1. The van der Waals surface area contributed by atoms with Crippen molar-refractivity contribution >= 4 is 11.6 Å². The van der Waals surface area contributed by atoms with Crippen molar-refractivity contribution in [2.24, 2.45) is 0 Å². The van der Waals surface area contributed by atoms with E-state index in [0.717, 1.165) is 44.6 Å². The number of hydrogen-bond acceptors (Lipinski definition) is 6. The minimum absolute atomic E-state index is 0.0310. The van der Waals surface area contributed by atoms with Crippen LogP contribution in [0.15, 0.2) is 55.0 Å². The Hall–Kier alpha value is -3.52. The van der Waals surface area contributed by atoms with Crippen LogP contribution in [-0.4, -0.2) is 59.6 Å². The molecule has 202 valence electrons. The SMILES string of the molecule is COc1ccc(N(Cc2cnccc2C)C2CCN([C@H](C)CCNC(=O)c3c(C)ccnc3F)CC2)cc1. The number of nitrogens with one attached hydrogen (secondary N) is 1. The number of amides is 1. The molecule has 4 rings (SSSR count). The first-order valence-corrected chi connectivity index (χ1v) is 13.3. The maximum atomic E-state index is 14.0. The Labute approximate surface area is 225 Å². The lowest BCUT2D eigenvalue weighted by Crippen LogP contribution is -2.48. The molecule has 0 saturated carbocycles. The Morgan fingerprint density at radius 2 is 1.84 bits per heavy atom. The minimum Gasteiger partial charge on any atom is -0.497 e. The minimum atomic E-state index is -0.722. The van der Waals surface area contributed by atoms with Gasteiger partial charge in [-0.1, -0.05) is 0 Å². The first-order valence-electron chi connectivity index (χ1n) is 13.3. The normalized spacial score (nSPS) is 15.2. The van der Waals surface area contributed by atoms with Crippen molar-refractivity contribution in [1.29, 1.82) is 0 Å². The molecule has 2 aromatic heterocycles. The van der Waals surface area contributed by atoms with Gasteiger partial charge in [-0.05, 0) is 93.1 Å². The van der Waals surface area contributed by atoms with E-state index in [4.69, 9.17) is 4.74 Å². The van der Waals surface area contributed by atoms with Crippen molar-refractivity contribution in [3.63, 3.8) is 0 Å². The van der Waals surface area contributed by atoms with Crippen LogP contribution < -0.4 is 15.0 Å². The fourth-order valence-electron chi connectivity index (χ4n) is 5.15. The summed E-state index contributed by atoms with van der Waals surface area (Å²) in [6, 6.07) is 12.7. The van der Waals surface area contributed by atoms with Crippen molar-refractivity contribution in [1.82, 2.24) is 20.2 Å². The second-order valence-electron chi connectivity index (χ2n) is 10.1. The highest BCUT2D eigenvalue weighted by atomic mass is 19.1. The van der Waals surface area contributed by atoms with Crippen LogP contribution >= 0.6 is 0 Å². The van der Waals surface area contributed by atoms with Crippen molar-refractivity contribution in [2.45, 2.75) is 58.7 Å². The maximum Gasteiger partial charge on any atom is 0.256 e. The molecule has 38 heavy (non-hydrogen) atoms. The van der Waals surface area contributed by atoms with Gasteiger partial charge in [0.1, 0.15) is 5.75 Å². The van der Waals surface area contributed by atoms with Gasteiger partial charge in [0.15, 0.2) is 0 Å². The zero-order valence-corrected chi connectivity index (χ0v) is 22.8. The summed E-state index contributed by atoms with van der Waals surface area (Å²) in [5.41, 5.74) is 4.28. The van der Waals surface area contributed by atoms with Crippen LogP contribution in [0, 0.1) is 19.8 Å². The number of rotatable bonds is 10. The molecule has 0 radical (unpaired) electrons. The number of anilines is 1. The van der Waals surface area contributed by atoms with Crippen LogP contribution in [0.4, 0.5) is 10.1 Å². The number of piperidine rings is 1. The predicted molar refractivity (Wildman–Crippen MR) is 148 cm³/mol. The average molecular weight is 520 g/mol. The van der Waals surface area contributed by atoms with E-state index in [2.05, 4.69) is 57.1 Å².